The van der Waals surface area contributed by atoms with Gasteiger partial charge in [-0.15, -0.1) is 0 Å². The van der Waals surface area contributed by atoms with Crippen LogP contribution in [0, 0.1) is 0 Å². The summed E-state index contributed by atoms with van der Waals surface area (Å²) < 4.78 is 38.9. The highest BCUT2D eigenvalue weighted by Crippen LogP contribution is 2.07. The number of rotatable bonds is 9. The minimum Gasteiger partial charge on any atom is -0.464 e. The van der Waals surface area contributed by atoms with E-state index in [1.807, 2.05) is 0 Å². The quantitative estimate of drug-likeness (QED) is 0.305. The van der Waals surface area contributed by atoms with Gasteiger partial charge in [-0.25, -0.2) is 4.79 Å². The maximum Gasteiger partial charge on any atom is 0.338 e. The monoisotopic (exact) mass is 340 g/mol. The van der Waals surface area contributed by atoms with Crippen molar-refractivity contribution in [2.75, 3.05) is 19.0 Å². The second-order valence-electron chi connectivity index (χ2n) is 4.65. The van der Waals surface area contributed by atoms with Gasteiger partial charge in [-0.1, -0.05) is 24.0 Å². The summed E-state index contributed by atoms with van der Waals surface area (Å²) >= 11 is 0. The summed E-state index contributed by atoms with van der Waals surface area (Å²) in [6.07, 6.45) is 0.533. The molecule has 23 heavy (non-hydrogen) atoms. The van der Waals surface area contributed by atoms with Gasteiger partial charge in [-0.3, -0.25) is 9.35 Å². The molecule has 124 valence electrons. The highest BCUT2D eigenvalue weighted by molar-refractivity contribution is 7.85. The van der Waals surface area contributed by atoms with E-state index in [1.165, 1.54) is 0 Å². The van der Waals surface area contributed by atoms with Gasteiger partial charge in [0.2, 0.25) is 0 Å². The maximum absolute atomic E-state index is 11.8. The molecule has 0 amide bonds. The van der Waals surface area contributed by atoms with E-state index in [9.17, 15) is 18.0 Å². The fourth-order valence-corrected chi connectivity index (χ4v) is 1.92. The van der Waals surface area contributed by atoms with Crippen molar-refractivity contribution in [2.24, 2.45) is 0 Å². The number of esters is 2. The predicted octanol–water partition coefficient (Wildman–Crippen LogP) is 0.723. The number of carbonyl (C=O) groups excluding carboxylic acids is 2. The lowest BCUT2D eigenvalue weighted by molar-refractivity contribution is -0.143. The van der Waals surface area contributed by atoms with Gasteiger partial charge in [0.1, 0.15) is 12.4 Å². The Labute approximate surface area is 136 Å². The molecule has 0 spiro atoms. The normalized spacial score (nSPS) is 11.0. The molecule has 0 fully saturated rings. The third-order valence-electron chi connectivity index (χ3n) is 2.76. The van der Waals surface area contributed by atoms with Crippen LogP contribution in [0.3, 0.4) is 0 Å². The standard InChI is InChI=1S/C14H17BO7S/c15-10-11-3-1-4-12(9-11)14(17)22-6-2-5-13(16)21-7-8-23(18,19)20/h1,3-4,9H,2,5-8,10H2,(H,18,19,20). The molecule has 2 radical (unpaired) electrons. The third kappa shape index (κ3) is 8.37. The van der Waals surface area contributed by atoms with E-state index in [2.05, 4.69) is 4.74 Å². The molecule has 0 atom stereocenters. The predicted molar refractivity (Wildman–Crippen MR) is 82.8 cm³/mol. The second-order valence-corrected chi connectivity index (χ2v) is 6.22. The van der Waals surface area contributed by atoms with Crippen LogP contribution in [0.5, 0.6) is 0 Å². The first-order valence-corrected chi connectivity index (χ1v) is 8.49. The molecule has 0 aliphatic carbocycles. The van der Waals surface area contributed by atoms with Crippen molar-refractivity contribution in [1.29, 1.82) is 0 Å². The van der Waals surface area contributed by atoms with E-state index in [1.54, 1.807) is 24.3 Å². The molecular formula is C14H17BO7S. The molecule has 0 aliphatic rings. The number of hydrogen-bond acceptors (Lipinski definition) is 6. The summed E-state index contributed by atoms with van der Waals surface area (Å²) in [5, 5.41) is 0. The summed E-state index contributed by atoms with van der Waals surface area (Å²) in [5.41, 5.74) is 1.19. The Morgan fingerprint density at radius 2 is 1.91 bits per heavy atom. The van der Waals surface area contributed by atoms with E-state index in [0.717, 1.165) is 5.56 Å². The minimum absolute atomic E-state index is 0.0262. The van der Waals surface area contributed by atoms with E-state index >= 15 is 0 Å². The Bertz CT molecular complexity index is 642. The molecule has 0 aliphatic heterocycles. The molecule has 1 N–H and O–H groups in total. The van der Waals surface area contributed by atoms with Gasteiger partial charge in [0.05, 0.1) is 20.0 Å². The SMILES string of the molecule is [B]Cc1cccc(C(=O)OCCCC(=O)OCCS(=O)(=O)O)c1. The average Bonchev–Trinajstić information content (AvgIpc) is 2.50. The highest BCUT2D eigenvalue weighted by Gasteiger charge is 2.10. The number of carbonyl (C=O) groups is 2. The zero-order valence-electron chi connectivity index (χ0n) is 12.4. The molecule has 7 nitrogen and oxygen atoms in total. The first-order chi connectivity index (χ1) is 10.8. The van der Waals surface area contributed by atoms with Gasteiger partial charge in [0.15, 0.2) is 0 Å². The molecule has 1 aromatic carbocycles. The molecule has 9 heteroatoms. The average molecular weight is 340 g/mol. The van der Waals surface area contributed by atoms with E-state index in [-0.39, 0.29) is 19.4 Å². The van der Waals surface area contributed by atoms with Gasteiger partial charge in [0, 0.05) is 6.42 Å². The Morgan fingerprint density at radius 3 is 2.57 bits per heavy atom. The van der Waals surface area contributed by atoms with Crippen molar-refractivity contribution in [3.05, 3.63) is 35.4 Å². The topological polar surface area (TPSA) is 107 Å². The summed E-state index contributed by atoms with van der Waals surface area (Å²) in [5.74, 6) is -1.79. The van der Waals surface area contributed by atoms with E-state index in [4.69, 9.17) is 17.1 Å². The van der Waals surface area contributed by atoms with Gasteiger partial charge in [0.25, 0.3) is 10.1 Å². The first-order valence-electron chi connectivity index (χ1n) is 6.89. The molecule has 0 heterocycles. The fourth-order valence-electron chi connectivity index (χ4n) is 1.62. The lowest BCUT2D eigenvalue weighted by Gasteiger charge is -2.06. The Morgan fingerprint density at radius 1 is 1.17 bits per heavy atom. The van der Waals surface area contributed by atoms with Crippen LogP contribution >= 0.6 is 0 Å². The van der Waals surface area contributed by atoms with Gasteiger partial charge < -0.3 is 9.47 Å². The molecule has 0 saturated carbocycles. The van der Waals surface area contributed by atoms with Crippen LogP contribution in [0.15, 0.2) is 24.3 Å². The Hall–Kier alpha value is -1.87. The number of ether oxygens (including phenoxy) is 2. The summed E-state index contributed by atoms with van der Waals surface area (Å²) in [4.78, 5) is 23.0. The van der Waals surface area contributed by atoms with Gasteiger partial charge >= 0.3 is 11.9 Å². The third-order valence-corrected chi connectivity index (χ3v) is 3.44. The van der Waals surface area contributed by atoms with Crippen LogP contribution in [0.4, 0.5) is 0 Å². The van der Waals surface area contributed by atoms with Crippen molar-refractivity contribution in [1.82, 2.24) is 0 Å². The zero-order chi connectivity index (χ0) is 17.3. The van der Waals surface area contributed by atoms with Gasteiger partial charge in [-0.05, 0) is 18.6 Å². The van der Waals surface area contributed by atoms with Crippen molar-refractivity contribution in [3.8, 4) is 0 Å². The van der Waals surface area contributed by atoms with E-state index in [0.29, 0.717) is 11.9 Å². The lowest BCUT2D eigenvalue weighted by atomic mass is 9.96. The summed E-state index contributed by atoms with van der Waals surface area (Å²) in [6, 6.07) is 6.72. The smallest absolute Gasteiger partial charge is 0.338 e. The largest absolute Gasteiger partial charge is 0.464 e. The molecular weight excluding hydrogens is 323 g/mol. The van der Waals surface area contributed by atoms with Crippen LogP contribution in [0.1, 0.15) is 28.8 Å². The van der Waals surface area contributed by atoms with Crippen molar-refractivity contribution >= 4 is 29.9 Å². The van der Waals surface area contributed by atoms with Crippen molar-refractivity contribution < 1.29 is 32.0 Å². The number of benzene rings is 1. The fraction of sp³-hybridized carbons (Fsp3) is 0.429. The summed E-state index contributed by atoms with van der Waals surface area (Å²) in [6.45, 7) is -0.386. The highest BCUT2D eigenvalue weighted by atomic mass is 32.2. The van der Waals surface area contributed by atoms with Crippen molar-refractivity contribution in [2.45, 2.75) is 19.2 Å². The Kier molecular flexibility index (Phi) is 7.77. The molecule has 0 bridgehead atoms. The van der Waals surface area contributed by atoms with Crippen LogP contribution in [0.25, 0.3) is 0 Å². The van der Waals surface area contributed by atoms with Crippen LogP contribution in [-0.2, 0) is 30.7 Å². The summed E-state index contributed by atoms with van der Waals surface area (Å²) in [7, 11) is 1.34. The van der Waals surface area contributed by atoms with E-state index < -0.39 is 34.4 Å². The molecule has 0 saturated heterocycles. The molecule has 0 unspecified atom stereocenters. The van der Waals surface area contributed by atoms with Gasteiger partial charge in [-0.2, -0.15) is 8.42 Å². The number of hydrogen-bond donors (Lipinski definition) is 1. The molecule has 0 aromatic heterocycles. The molecule has 1 rings (SSSR count). The zero-order valence-corrected chi connectivity index (χ0v) is 13.3. The molecule has 1 aromatic rings. The van der Waals surface area contributed by atoms with Crippen molar-refractivity contribution in [3.63, 3.8) is 0 Å². The second kappa shape index (κ2) is 9.31. The van der Waals surface area contributed by atoms with Crippen LogP contribution in [0.2, 0.25) is 0 Å². The Balaban J connectivity index is 2.23. The van der Waals surface area contributed by atoms with Crippen LogP contribution < -0.4 is 0 Å². The van der Waals surface area contributed by atoms with Crippen LogP contribution in [-0.4, -0.2) is 51.7 Å². The maximum atomic E-state index is 11.8. The first kappa shape index (κ1) is 19.2. The minimum atomic E-state index is -4.15. The lowest BCUT2D eigenvalue weighted by Crippen LogP contribution is -2.15.